The van der Waals surface area contributed by atoms with Crippen molar-refractivity contribution in [3.05, 3.63) is 51.5 Å². The van der Waals surface area contributed by atoms with Crippen LogP contribution in [0.2, 0.25) is 0 Å². The topological polar surface area (TPSA) is 49.3 Å². The number of guanidine groups is 1. The third-order valence-electron chi connectivity index (χ3n) is 3.98. The molecule has 0 aliphatic heterocycles. The van der Waals surface area contributed by atoms with Crippen LogP contribution in [-0.4, -0.2) is 24.5 Å². The second kappa shape index (κ2) is 8.67. The first-order chi connectivity index (χ1) is 11.1. The molecule has 0 amide bonds. The second-order valence-electron chi connectivity index (χ2n) is 5.57. The fraction of sp³-hybridized carbons (Fsp3) is 0.444. The summed E-state index contributed by atoms with van der Waals surface area (Å²) < 4.78 is 0. The monoisotopic (exact) mass is 330 g/mol. The van der Waals surface area contributed by atoms with E-state index >= 15 is 0 Å². The van der Waals surface area contributed by atoms with Gasteiger partial charge >= 0.3 is 0 Å². The van der Waals surface area contributed by atoms with Crippen LogP contribution in [0, 0.1) is 13.8 Å². The second-order valence-corrected chi connectivity index (χ2v) is 6.86. The van der Waals surface area contributed by atoms with E-state index in [9.17, 15) is 0 Å². The number of rotatable bonds is 6. The zero-order valence-electron chi connectivity index (χ0n) is 14.4. The first-order valence-corrected chi connectivity index (χ1v) is 8.88. The van der Waals surface area contributed by atoms with Crippen LogP contribution in [0.1, 0.15) is 40.4 Å². The summed E-state index contributed by atoms with van der Waals surface area (Å²) in [6.45, 7) is 7.96. The predicted octanol–water partition coefficient (Wildman–Crippen LogP) is 3.62. The summed E-state index contributed by atoms with van der Waals surface area (Å²) in [6, 6.07) is 10.6. The van der Waals surface area contributed by atoms with Gasteiger partial charge < -0.3 is 10.6 Å². The Morgan fingerprint density at radius 1 is 1.22 bits per heavy atom. The Labute approximate surface area is 143 Å². The van der Waals surface area contributed by atoms with Crippen LogP contribution in [0.15, 0.2) is 35.3 Å². The molecule has 0 fully saturated rings. The molecule has 0 saturated heterocycles. The molecule has 0 radical (unpaired) electrons. The molecule has 0 spiro atoms. The Morgan fingerprint density at radius 2 is 1.96 bits per heavy atom. The highest BCUT2D eigenvalue weighted by Gasteiger charge is 2.10. The van der Waals surface area contributed by atoms with Gasteiger partial charge in [0.1, 0.15) is 5.01 Å². The van der Waals surface area contributed by atoms with Gasteiger partial charge in [-0.25, -0.2) is 4.98 Å². The van der Waals surface area contributed by atoms with Gasteiger partial charge in [0.15, 0.2) is 5.96 Å². The van der Waals surface area contributed by atoms with Crippen molar-refractivity contribution in [3.63, 3.8) is 0 Å². The third-order valence-corrected chi connectivity index (χ3v) is 5.06. The van der Waals surface area contributed by atoms with Crippen molar-refractivity contribution < 1.29 is 0 Å². The number of thiazole rings is 1. The van der Waals surface area contributed by atoms with Crippen LogP contribution < -0.4 is 10.6 Å². The van der Waals surface area contributed by atoms with Crippen LogP contribution in [-0.2, 0) is 6.54 Å². The molecule has 124 valence electrons. The Balaban J connectivity index is 1.87. The average molecular weight is 331 g/mol. The van der Waals surface area contributed by atoms with Crippen LogP contribution in [0.5, 0.6) is 0 Å². The van der Waals surface area contributed by atoms with E-state index in [1.807, 2.05) is 6.92 Å². The maximum Gasteiger partial charge on any atom is 0.191 e. The van der Waals surface area contributed by atoms with Crippen LogP contribution >= 0.6 is 11.3 Å². The summed E-state index contributed by atoms with van der Waals surface area (Å²) in [5.74, 6) is 1.31. The van der Waals surface area contributed by atoms with Gasteiger partial charge in [0.05, 0.1) is 12.2 Å². The molecule has 1 aromatic carbocycles. The van der Waals surface area contributed by atoms with Crippen molar-refractivity contribution in [2.24, 2.45) is 4.99 Å². The molecule has 23 heavy (non-hydrogen) atoms. The number of hydrogen-bond donors (Lipinski definition) is 2. The minimum Gasteiger partial charge on any atom is -0.356 e. The molecule has 2 N–H and O–H groups in total. The first kappa shape index (κ1) is 17.5. The molecule has 1 unspecified atom stereocenters. The van der Waals surface area contributed by atoms with Crippen molar-refractivity contribution in [1.29, 1.82) is 0 Å². The highest BCUT2D eigenvalue weighted by molar-refractivity contribution is 7.11. The SMILES string of the molecule is CCC(CNC(=NC)NCc1nc(C)c(C)s1)c1ccccc1. The van der Waals surface area contributed by atoms with Crippen LogP contribution in [0.4, 0.5) is 0 Å². The van der Waals surface area contributed by atoms with Crippen molar-refractivity contribution in [2.45, 2.75) is 39.7 Å². The van der Waals surface area contributed by atoms with Crippen molar-refractivity contribution in [3.8, 4) is 0 Å². The van der Waals surface area contributed by atoms with Gasteiger partial charge in [0.25, 0.3) is 0 Å². The van der Waals surface area contributed by atoms with Gasteiger partial charge in [0, 0.05) is 24.4 Å². The van der Waals surface area contributed by atoms with Crippen molar-refractivity contribution in [2.75, 3.05) is 13.6 Å². The standard InChI is InChI=1S/C18H26N4S/c1-5-15(16-9-7-6-8-10-16)11-20-18(19-4)21-12-17-22-13(2)14(3)23-17/h6-10,15H,5,11-12H2,1-4H3,(H2,19,20,21). The highest BCUT2D eigenvalue weighted by Crippen LogP contribution is 2.18. The molecule has 2 aromatic rings. The Morgan fingerprint density at radius 3 is 2.52 bits per heavy atom. The molecule has 0 saturated carbocycles. The van der Waals surface area contributed by atoms with Crippen LogP contribution in [0.25, 0.3) is 0 Å². The van der Waals surface area contributed by atoms with Crippen molar-refractivity contribution >= 4 is 17.3 Å². The van der Waals surface area contributed by atoms with Crippen LogP contribution in [0.3, 0.4) is 0 Å². The summed E-state index contributed by atoms with van der Waals surface area (Å²) >= 11 is 1.74. The molecule has 0 aliphatic rings. The number of benzene rings is 1. The van der Waals surface area contributed by atoms with Gasteiger partial charge in [-0.2, -0.15) is 0 Å². The van der Waals surface area contributed by atoms with Gasteiger partial charge in [-0.3, -0.25) is 4.99 Å². The summed E-state index contributed by atoms with van der Waals surface area (Å²) in [5.41, 5.74) is 2.48. The fourth-order valence-corrected chi connectivity index (χ4v) is 3.31. The quantitative estimate of drug-likeness (QED) is 0.628. The third kappa shape index (κ3) is 5.06. The largest absolute Gasteiger partial charge is 0.356 e. The van der Waals surface area contributed by atoms with E-state index in [0.29, 0.717) is 12.5 Å². The van der Waals surface area contributed by atoms with Gasteiger partial charge in [-0.15, -0.1) is 11.3 Å². The molecule has 4 nitrogen and oxygen atoms in total. The maximum atomic E-state index is 4.55. The summed E-state index contributed by atoms with van der Waals surface area (Å²) in [4.78, 5) is 10.1. The number of aliphatic imine (C=N–C) groups is 1. The Bertz CT molecular complexity index is 614. The van der Waals surface area contributed by atoms with Gasteiger partial charge in [0.2, 0.25) is 0 Å². The molecule has 1 heterocycles. The Hall–Kier alpha value is -1.88. The maximum absolute atomic E-state index is 4.55. The number of aryl methyl sites for hydroxylation is 2. The van der Waals surface area contributed by atoms with E-state index in [0.717, 1.165) is 29.6 Å². The lowest BCUT2D eigenvalue weighted by molar-refractivity contribution is 0.629. The average Bonchev–Trinajstić information content (AvgIpc) is 2.90. The molecular weight excluding hydrogens is 304 g/mol. The molecule has 0 aliphatic carbocycles. The van der Waals surface area contributed by atoms with E-state index in [1.165, 1.54) is 10.4 Å². The fourth-order valence-electron chi connectivity index (χ4n) is 2.44. The normalized spacial score (nSPS) is 13.0. The summed E-state index contributed by atoms with van der Waals surface area (Å²) in [5, 5.41) is 7.87. The molecule has 1 aromatic heterocycles. The molecule has 5 heteroatoms. The summed E-state index contributed by atoms with van der Waals surface area (Å²) in [7, 11) is 1.80. The van der Waals surface area contributed by atoms with E-state index in [1.54, 1.807) is 18.4 Å². The zero-order chi connectivity index (χ0) is 16.7. The van der Waals surface area contributed by atoms with Gasteiger partial charge in [-0.1, -0.05) is 37.3 Å². The van der Waals surface area contributed by atoms with Crippen molar-refractivity contribution in [1.82, 2.24) is 15.6 Å². The lowest BCUT2D eigenvalue weighted by Crippen LogP contribution is -2.38. The first-order valence-electron chi connectivity index (χ1n) is 8.06. The van der Waals surface area contributed by atoms with E-state index in [4.69, 9.17) is 0 Å². The lowest BCUT2D eigenvalue weighted by Gasteiger charge is -2.18. The number of nitrogens with zero attached hydrogens (tertiary/aromatic N) is 2. The van der Waals surface area contributed by atoms with Gasteiger partial charge in [-0.05, 0) is 25.8 Å². The molecular formula is C18H26N4S. The lowest BCUT2D eigenvalue weighted by atomic mass is 9.97. The van der Waals surface area contributed by atoms with E-state index < -0.39 is 0 Å². The van der Waals surface area contributed by atoms with E-state index in [-0.39, 0.29) is 0 Å². The zero-order valence-corrected chi connectivity index (χ0v) is 15.2. The molecule has 2 rings (SSSR count). The Kier molecular flexibility index (Phi) is 6.59. The summed E-state index contributed by atoms with van der Waals surface area (Å²) in [6.07, 6.45) is 1.10. The van der Waals surface area contributed by atoms with E-state index in [2.05, 4.69) is 64.8 Å². The minimum absolute atomic E-state index is 0.485. The predicted molar refractivity (Wildman–Crippen MR) is 99.3 cm³/mol. The smallest absolute Gasteiger partial charge is 0.191 e. The molecule has 0 bridgehead atoms. The number of nitrogens with one attached hydrogen (secondary N) is 2. The minimum atomic E-state index is 0.485. The molecule has 1 atom stereocenters. The highest BCUT2D eigenvalue weighted by atomic mass is 32.1. The number of hydrogen-bond acceptors (Lipinski definition) is 3. The number of aromatic nitrogens is 1.